The lowest BCUT2D eigenvalue weighted by atomic mass is 9.94. The summed E-state index contributed by atoms with van der Waals surface area (Å²) >= 11 is 6.02. The zero-order valence-corrected chi connectivity index (χ0v) is 20.9. The zero-order valence-electron chi connectivity index (χ0n) is 20.1. The average Bonchev–Trinajstić information content (AvgIpc) is 3.16. The summed E-state index contributed by atoms with van der Waals surface area (Å²) < 4.78 is 8.27. The van der Waals surface area contributed by atoms with Crippen LogP contribution in [-0.4, -0.2) is 58.2 Å². The maximum atomic E-state index is 11.5. The summed E-state index contributed by atoms with van der Waals surface area (Å²) in [4.78, 5) is 5.11. The molecule has 1 unspecified atom stereocenters. The van der Waals surface area contributed by atoms with Gasteiger partial charge in [0.1, 0.15) is 12.4 Å². The monoisotopic (exact) mass is 481 g/mol. The highest BCUT2D eigenvalue weighted by Crippen LogP contribution is 2.32. The Bertz CT molecular complexity index is 1080. The first kappa shape index (κ1) is 23.7. The summed E-state index contributed by atoms with van der Waals surface area (Å²) in [6, 6.07) is 16.5. The van der Waals surface area contributed by atoms with Gasteiger partial charge in [-0.3, -0.25) is 9.80 Å². The van der Waals surface area contributed by atoms with E-state index in [1.54, 1.807) is 0 Å². The molecule has 0 bridgehead atoms. The number of aromatic nitrogens is 1. The van der Waals surface area contributed by atoms with Gasteiger partial charge in [0.25, 0.3) is 0 Å². The number of aliphatic hydroxyl groups is 1. The smallest absolute Gasteiger partial charge is 0.129 e. The molecule has 0 radical (unpaired) electrons. The number of rotatable bonds is 7. The van der Waals surface area contributed by atoms with E-state index in [0.717, 1.165) is 60.1 Å². The third-order valence-electron chi connectivity index (χ3n) is 7.72. The fraction of sp³-hybridized carbons (Fsp3) is 0.500. The van der Waals surface area contributed by atoms with Crippen LogP contribution in [0.2, 0.25) is 5.02 Å². The quantitative estimate of drug-likeness (QED) is 0.491. The standard InChI is InChI=1S/C28H36ClN3O2/c1-30-25-10-6-5-9-24(25)28(26(30)20-34-23-13-11-21(29)12-14-23)27(33)19-31-15-17-32(18-16-31)22-7-3-2-4-8-22/h5-6,9-14,22,27,33H,2-4,7-8,15-20H2,1H3. The first-order valence-corrected chi connectivity index (χ1v) is 13.1. The maximum absolute atomic E-state index is 11.5. The number of benzene rings is 2. The van der Waals surface area contributed by atoms with Crippen molar-refractivity contribution in [2.45, 2.75) is 50.9 Å². The third kappa shape index (κ3) is 5.13. The number of piperazine rings is 1. The molecule has 1 aliphatic heterocycles. The summed E-state index contributed by atoms with van der Waals surface area (Å²) in [7, 11) is 2.06. The van der Waals surface area contributed by atoms with E-state index in [1.807, 2.05) is 36.4 Å². The summed E-state index contributed by atoms with van der Waals surface area (Å²) in [5, 5.41) is 13.3. The van der Waals surface area contributed by atoms with E-state index >= 15 is 0 Å². The number of β-amino-alcohol motifs (C(OH)–C–C–N with tert-alkyl or cyclic N) is 1. The Morgan fingerprint density at radius 1 is 0.971 bits per heavy atom. The zero-order chi connectivity index (χ0) is 23.5. The average molecular weight is 482 g/mol. The van der Waals surface area contributed by atoms with E-state index in [0.29, 0.717) is 18.2 Å². The van der Waals surface area contributed by atoms with Gasteiger partial charge in [0, 0.05) is 67.3 Å². The van der Waals surface area contributed by atoms with Crippen LogP contribution in [0.4, 0.5) is 0 Å². The van der Waals surface area contributed by atoms with Crippen molar-refractivity contribution in [2.24, 2.45) is 7.05 Å². The lowest BCUT2D eigenvalue weighted by Crippen LogP contribution is -2.51. The van der Waals surface area contributed by atoms with Crippen LogP contribution in [-0.2, 0) is 13.7 Å². The van der Waals surface area contributed by atoms with Crippen LogP contribution in [0.5, 0.6) is 5.75 Å². The van der Waals surface area contributed by atoms with E-state index in [4.69, 9.17) is 16.3 Å². The van der Waals surface area contributed by atoms with Crippen molar-refractivity contribution in [1.29, 1.82) is 0 Å². The molecule has 1 saturated heterocycles. The SMILES string of the molecule is Cn1c(COc2ccc(Cl)cc2)c(C(O)CN2CCN(C3CCCCC3)CC2)c2ccccc21. The summed E-state index contributed by atoms with van der Waals surface area (Å²) in [5.41, 5.74) is 3.12. The highest BCUT2D eigenvalue weighted by atomic mass is 35.5. The second-order valence-corrected chi connectivity index (χ2v) is 10.3. The predicted octanol–water partition coefficient (Wildman–Crippen LogP) is 5.39. The molecule has 6 heteroatoms. The van der Waals surface area contributed by atoms with Gasteiger partial charge in [0.05, 0.1) is 11.8 Å². The Hall–Kier alpha value is -2.05. The molecule has 1 saturated carbocycles. The molecule has 1 aromatic heterocycles. The molecule has 1 atom stereocenters. The Morgan fingerprint density at radius 2 is 1.68 bits per heavy atom. The van der Waals surface area contributed by atoms with Crippen LogP contribution < -0.4 is 4.74 Å². The fourth-order valence-electron chi connectivity index (χ4n) is 5.80. The molecular weight excluding hydrogens is 446 g/mol. The molecule has 34 heavy (non-hydrogen) atoms. The lowest BCUT2D eigenvalue weighted by molar-refractivity contribution is 0.0473. The Kier molecular flexibility index (Phi) is 7.45. The molecule has 2 heterocycles. The molecule has 2 aromatic carbocycles. The molecule has 2 aliphatic rings. The molecule has 0 amide bonds. The number of nitrogens with zero attached hydrogens (tertiary/aromatic N) is 3. The number of aryl methyl sites for hydroxylation is 1. The van der Waals surface area contributed by atoms with Gasteiger partial charge < -0.3 is 14.4 Å². The number of para-hydroxylation sites is 1. The normalized spacial score (nSPS) is 19.5. The van der Waals surface area contributed by atoms with Crippen molar-refractivity contribution in [2.75, 3.05) is 32.7 Å². The lowest BCUT2D eigenvalue weighted by Gasteiger charge is -2.41. The van der Waals surface area contributed by atoms with Crippen molar-refractivity contribution in [1.82, 2.24) is 14.4 Å². The minimum atomic E-state index is -0.559. The first-order chi connectivity index (χ1) is 16.6. The Morgan fingerprint density at radius 3 is 2.41 bits per heavy atom. The minimum absolute atomic E-state index is 0.397. The van der Waals surface area contributed by atoms with Gasteiger partial charge in [0.15, 0.2) is 0 Å². The molecular formula is C28H36ClN3O2. The van der Waals surface area contributed by atoms with E-state index in [1.165, 1.54) is 32.1 Å². The molecule has 1 aliphatic carbocycles. The predicted molar refractivity (Wildman–Crippen MR) is 139 cm³/mol. The van der Waals surface area contributed by atoms with Gasteiger partial charge in [-0.2, -0.15) is 0 Å². The minimum Gasteiger partial charge on any atom is -0.487 e. The Labute approximate surface area is 207 Å². The van der Waals surface area contributed by atoms with Crippen molar-refractivity contribution in [3.63, 3.8) is 0 Å². The van der Waals surface area contributed by atoms with Crippen molar-refractivity contribution in [3.8, 4) is 5.75 Å². The number of hydrogen-bond acceptors (Lipinski definition) is 4. The van der Waals surface area contributed by atoms with Crippen LogP contribution in [0.25, 0.3) is 10.9 Å². The molecule has 2 fully saturated rings. The van der Waals surface area contributed by atoms with Crippen LogP contribution in [0.3, 0.4) is 0 Å². The van der Waals surface area contributed by atoms with E-state index < -0.39 is 6.10 Å². The summed E-state index contributed by atoms with van der Waals surface area (Å²) in [6.45, 7) is 5.32. The van der Waals surface area contributed by atoms with Gasteiger partial charge in [0.2, 0.25) is 0 Å². The van der Waals surface area contributed by atoms with E-state index in [-0.39, 0.29) is 0 Å². The molecule has 5 rings (SSSR count). The number of ether oxygens (including phenoxy) is 1. The number of aliphatic hydroxyl groups excluding tert-OH is 1. The van der Waals surface area contributed by atoms with Gasteiger partial charge in [-0.1, -0.05) is 49.1 Å². The van der Waals surface area contributed by atoms with Crippen molar-refractivity contribution < 1.29 is 9.84 Å². The fourth-order valence-corrected chi connectivity index (χ4v) is 5.92. The largest absolute Gasteiger partial charge is 0.487 e. The summed E-state index contributed by atoms with van der Waals surface area (Å²) in [6.07, 6.45) is 6.32. The molecule has 5 nitrogen and oxygen atoms in total. The van der Waals surface area contributed by atoms with Crippen molar-refractivity contribution >= 4 is 22.5 Å². The van der Waals surface area contributed by atoms with Crippen LogP contribution in [0.1, 0.15) is 49.5 Å². The van der Waals surface area contributed by atoms with Crippen LogP contribution in [0, 0.1) is 0 Å². The van der Waals surface area contributed by atoms with E-state index in [9.17, 15) is 5.11 Å². The van der Waals surface area contributed by atoms with Crippen molar-refractivity contribution in [3.05, 3.63) is 64.8 Å². The van der Waals surface area contributed by atoms with Gasteiger partial charge in [-0.15, -0.1) is 0 Å². The Balaban J connectivity index is 1.30. The van der Waals surface area contributed by atoms with Gasteiger partial charge in [-0.25, -0.2) is 0 Å². The first-order valence-electron chi connectivity index (χ1n) is 12.7. The number of hydrogen-bond donors (Lipinski definition) is 1. The molecule has 182 valence electrons. The second-order valence-electron chi connectivity index (χ2n) is 9.82. The maximum Gasteiger partial charge on any atom is 0.129 e. The molecule has 1 N–H and O–H groups in total. The number of halogens is 1. The topological polar surface area (TPSA) is 40.9 Å². The van der Waals surface area contributed by atoms with Crippen LogP contribution in [0.15, 0.2) is 48.5 Å². The van der Waals surface area contributed by atoms with Crippen LogP contribution >= 0.6 is 11.6 Å². The third-order valence-corrected chi connectivity index (χ3v) is 7.97. The molecule has 3 aromatic rings. The highest BCUT2D eigenvalue weighted by Gasteiger charge is 2.28. The second kappa shape index (κ2) is 10.7. The summed E-state index contributed by atoms with van der Waals surface area (Å²) in [5.74, 6) is 0.772. The molecule has 0 spiro atoms. The highest BCUT2D eigenvalue weighted by molar-refractivity contribution is 6.30. The van der Waals surface area contributed by atoms with E-state index in [2.05, 4.69) is 33.5 Å². The van der Waals surface area contributed by atoms with Gasteiger partial charge >= 0.3 is 0 Å². The van der Waals surface area contributed by atoms with Gasteiger partial charge in [-0.05, 0) is 43.2 Å². The number of fused-ring (bicyclic) bond motifs is 1.